The first-order chi connectivity index (χ1) is 8.24. The predicted molar refractivity (Wildman–Crippen MR) is 71.3 cm³/mol. The summed E-state index contributed by atoms with van der Waals surface area (Å²) in [6.45, 7) is 0. The normalized spacial score (nSPS) is 10.5. The van der Waals surface area contributed by atoms with Crippen LogP contribution in [0.5, 0.6) is 5.75 Å². The van der Waals surface area contributed by atoms with E-state index < -0.39 is 0 Å². The lowest BCUT2D eigenvalue weighted by molar-refractivity contribution is 0.416. The molecule has 0 aliphatic rings. The topological polar surface area (TPSA) is 35.0 Å². The number of nitrogens with zero attached hydrogens (tertiary/aromatic N) is 2. The molecular weight excluding hydrogens is 279 g/mol. The lowest BCUT2D eigenvalue weighted by Crippen LogP contribution is -1.87. The molecule has 0 radical (unpaired) electrons. The quantitative estimate of drug-likeness (QED) is 0.806. The zero-order chi connectivity index (χ0) is 12.3. The Hall–Kier alpha value is -0.840. The van der Waals surface area contributed by atoms with E-state index in [1.165, 1.54) is 11.3 Å². The molecule has 0 atom stereocenters. The second kappa shape index (κ2) is 5.67. The molecule has 1 aromatic carbocycles. The second-order valence-electron chi connectivity index (χ2n) is 3.28. The molecule has 0 saturated heterocycles. The van der Waals surface area contributed by atoms with Gasteiger partial charge in [-0.2, -0.15) is 0 Å². The van der Waals surface area contributed by atoms with Gasteiger partial charge < -0.3 is 4.74 Å². The number of alkyl halides is 1. The smallest absolute Gasteiger partial charge is 0.151 e. The van der Waals surface area contributed by atoms with Crippen molar-refractivity contribution in [3.8, 4) is 16.3 Å². The van der Waals surface area contributed by atoms with E-state index >= 15 is 0 Å². The number of halogens is 2. The van der Waals surface area contributed by atoms with Crippen molar-refractivity contribution in [1.29, 1.82) is 0 Å². The monoisotopic (exact) mass is 288 g/mol. The highest BCUT2D eigenvalue weighted by molar-refractivity contribution is 7.14. The number of rotatable bonds is 4. The Balaban J connectivity index is 2.40. The first-order valence-corrected chi connectivity index (χ1v) is 6.69. The Morgan fingerprint density at radius 3 is 2.88 bits per heavy atom. The van der Waals surface area contributed by atoms with Gasteiger partial charge in [0.05, 0.1) is 12.7 Å². The van der Waals surface area contributed by atoms with Crippen molar-refractivity contribution in [2.75, 3.05) is 13.0 Å². The van der Waals surface area contributed by atoms with E-state index in [1.807, 2.05) is 12.1 Å². The van der Waals surface area contributed by atoms with Crippen LogP contribution in [0.1, 0.15) is 5.01 Å². The summed E-state index contributed by atoms with van der Waals surface area (Å²) in [5, 5.41) is 10.6. The molecule has 1 aromatic heterocycles. The van der Waals surface area contributed by atoms with Crippen molar-refractivity contribution < 1.29 is 4.74 Å². The lowest BCUT2D eigenvalue weighted by Gasteiger charge is -2.05. The van der Waals surface area contributed by atoms with Gasteiger partial charge in [-0.3, -0.25) is 0 Å². The van der Waals surface area contributed by atoms with E-state index in [4.69, 9.17) is 27.9 Å². The summed E-state index contributed by atoms with van der Waals surface area (Å²) in [5.74, 6) is 1.28. The maximum atomic E-state index is 5.97. The number of benzene rings is 1. The molecule has 2 rings (SSSR count). The van der Waals surface area contributed by atoms with Crippen molar-refractivity contribution in [3.63, 3.8) is 0 Å². The SMILES string of the molecule is COc1ccc(Cl)cc1-c1nnc(CCCl)s1. The molecule has 1 heterocycles. The summed E-state index contributed by atoms with van der Waals surface area (Å²) in [4.78, 5) is 0. The highest BCUT2D eigenvalue weighted by atomic mass is 35.5. The Morgan fingerprint density at radius 1 is 1.35 bits per heavy atom. The number of ether oxygens (including phenoxy) is 1. The zero-order valence-electron chi connectivity index (χ0n) is 9.11. The first kappa shape index (κ1) is 12.6. The summed E-state index contributed by atoms with van der Waals surface area (Å²) < 4.78 is 5.28. The lowest BCUT2D eigenvalue weighted by atomic mass is 10.2. The van der Waals surface area contributed by atoms with E-state index in [2.05, 4.69) is 10.2 Å². The number of aryl methyl sites for hydroxylation is 1. The van der Waals surface area contributed by atoms with E-state index in [9.17, 15) is 0 Å². The fourth-order valence-corrected chi connectivity index (χ4v) is 2.71. The van der Waals surface area contributed by atoms with Crippen LogP contribution in [0.4, 0.5) is 0 Å². The van der Waals surface area contributed by atoms with Crippen LogP contribution in [0.2, 0.25) is 5.02 Å². The fourth-order valence-electron chi connectivity index (χ4n) is 1.39. The highest BCUT2D eigenvalue weighted by Gasteiger charge is 2.12. The van der Waals surface area contributed by atoms with E-state index in [-0.39, 0.29) is 0 Å². The van der Waals surface area contributed by atoms with Crippen LogP contribution in [0.25, 0.3) is 10.6 Å². The number of hydrogen-bond donors (Lipinski definition) is 0. The van der Waals surface area contributed by atoms with E-state index in [1.54, 1.807) is 13.2 Å². The third kappa shape index (κ3) is 2.89. The zero-order valence-corrected chi connectivity index (χ0v) is 11.4. The third-order valence-electron chi connectivity index (χ3n) is 2.17. The Morgan fingerprint density at radius 2 is 2.18 bits per heavy atom. The maximum Gasteiger partial charge on any atom is 0.151 e. The predicted octanol–water partition coefficient (Wildman–Crippen LogP) is 3.65. The van der Waals surface area contributed by atoms with Gasteiger partial charge in [0, 0.05) is 17.3 Å². The molecule has 3 nitrogen and oxygen atoms in total. The maximum absolute atomic E-state index is 5.97. The Labute approximate surface area is 113 Å². The molecular formula is C11H10Cl2N2OS. The van der Waals surface area contributed by atoms with Gasteiger partial charge in [-0.15, -0.1) is 21.8 Å². The average Bonchev–Trinajstić information content (AvgIpc) is 2.78. The molecule has 0 saturated carbocycles. The number of aromatic nitrogens is 2. The van der Waals surface area contributed by atoms with Gasteiger partial charge in [0.1, 0.15) is 10.8 Å². The third-order valence-corrected chi connectivity index (χ3v) is 3.61. The van der Waals surface area contributed by atoms with Gasteiger partial charge in [0.2, 0.25) is 0 Å². The summed E-state index contributed by atoms with van der Waals surface area (Å²) >= 11 is 13.1. The molecule has 2 aromatic rings. The van der Waals surface area contributed by atoms with Crippen molar-refractivity contribution in [3.05, 3.63) is 28.2 Å². The van der Waals surface area contributed by atoms with Crippen molar-refractivity contribution in [2.45, 2.75) is 6.42 Å². The summed E-state index contributed by atoms with van der Waals surface area (Å²) in [6.07, 6.45) is 0.724. The Kier molecular flexibility index (Phi) is 4.20. The summed E-state index contributed by atoms with van der Waals surface area (Å²) in [6, 6.07) is 5.43. The van der Waals surface area contributed by atoms with Crippen molar-refractivity contribution in [1.82, 2.24) is 10.2 Å². The second-order valence-corrected chi connectivity index (χ2v) is 5.16. The van der Waals surface area contributed by atoms with Gasteiger partial charge in [-0.05, 0) is 18.2 Å². The van der Waals surface area contributed by atoms with Crippen LogP contribution in [-0.4, -0.2) is 23.2 Å². The molecule has 0 bridgehead atoms. The van der Waals surface area contributed by atoms with Crippen molar-refractivity contribution in [2.24, 2.45) is 0 Å². The number of hydrogen-bond acceptors (Lipinski definition) is 4. The van der Waals surface area contributed by atoms with Gasteiger partial charge in [0.25, 0.3) is 0 Å². The molecule has 0 spiro atoms. The number of methoxy groups -OCH3 is 1. The van der Waals surface area contributed by atoms with E-state index in [0.29, 0.717) is 10.9 Å². The molecule has 90 valence electrons. The molecule has 0 aliphatic carbocycles. The molecule has 0 N–H and O–H groups in total. The Bertz CT molecular complexity index is 516. The molecule has 0 amide bonds. The van der Waals surface area contributed by atoms with Crippen LogP contribution < -0.4 is 4.74 Å². The fraction of sp³-hybridized carbons (Fsp3) is 0.273. The molecule has 0 aliphatic heterocycles. The standard InChI is InChI=1S/C11H10Cl2N2OS/c1-16-9-3-2-7(13)6-8(9)11-15-14-10(17-11)4-5-12/h2-3,6H,4-5H2,1H3. The molecule has 6 heteroatoms. The van der Waals surface area contributed by atoms with Crippen LogP contribution >= 0.6 is 34.5 Å². The van der Waals surface area contributed by atoms with E-state index in [0.717, 1.165) is 27.7 Å². The molecule has 17 heavy (non-hydrogen) atoms. The van der Waals surface area contributed by atoms with Crippen LogP contribution in [-0.2, 0) is 6.42 Å². The molecule has 0 unspecified atom stereocenters. The molecule has 0 fully saturated rings. The summed E-state index contributed by atoms with van der Waals surface area (Å²) in [7, 11) is 1.62. The average molecular weight is 289 g/mol. The minimum absolute atomic E-state index is 0.543. The highest BCUT2D eigenvalue weighted by Crippen LogP contribution is 2.34. The minimum atomic E-state index is 0.543. The van der Waals surface area contributed by atoms with Gasteiger partial charge >= 0.3 is 0 Å². The van der Waals surface area contributed by atoms with Crippen LogP contribution in [0, 0.1) is 0 Å². The minimum Gasteiger partial charge on any atom is -0.496 e. The van der Waals surface area contributed by atoms with Crippen LogP contribution in [0.3, 0.4) is 0 Å². The van der Waals surface area contributed by atoms with Gasteiger partial charge in [0.15, 0.2) is 5.01 Å². The first-order valence-electron chi connectivity index (χ1n) is 4.97. The van der Waals surface area contributed by atoms with Gasteiger partial charge in [-0.1, -0.05) is 22.9 Å². The van der Waals surface area contributed by atoms with Crippen LogP contribution in [0.15, 0.2) is 18.2 Å². The largest absolute Gasteiger partial charge is 0.496 e. The van der Waals surface area contributed by atoms with Gasteiger partial charge in [-0.25, -0.2) is 0 Å². The summed E-state index contributed by atoms with van der Waals surface area (Å²) in [5.41, 5.74) is 0.860. The van der Waals surface area contributed by atoms with Crippen molar-refractivity contribution >= 4 is 34.5 Å².